The van der Waals surface area contributed by atoms with Crippen molar-refractivity contribution in [1.82, 2.24) is 4.90 Å². The summed E-state index contributed by atoms with van der Waals surface area (Å²) in [5.41, 5.74) is 0. The van der Waals surface area contributed by atoms with Crippen LogP contribution in [0.3, 0.4) is 0 Å². The number of hydrogen-bond acceptors (Lipinski definition) is 2. The minimum absolute atomic E-state index is 0.292. The number of hydrogen-bond donors (Lipinski definition) is 0. The number of rotatable bonds is 1. The third-order valence-corrected chi connectivity index (χ3v) is 3.93. The molecule has 3 heteroatoms. The summed E-state index contributed by atoms with van der Waals surface area (Å²) in [6.45, 7) is 6.08. The number of carbonyl (C=O) groups excluding carboxylic acids is 1. The average Bonchev–Trinajstić information content (AvgIpc) is 2.19. The number of likely N-dealkylation sites (tertiary alicyclic amines) is 1. The van der Waals surface area contributed by atoms with Crippen LogP contribution in [-0.2, 0) is 9.53 Å². The van der Waals surface area contributed by atoms with Gasteiger partial charge in [0.1, 0.15) is 0 Å². The Bertz CT molecular complexity index is 252. The number of carbonyl (C=O) groups is 1. The van der Waals surface area contributed by atoms with E-state index in [4.69, 9.17) is 4.74 Å². The van der Waals surface area contributed by atoms with E-state index in [1.807, 2.05) is 11.9 Å². The molecule has 0 bridgehead atoms. The molecule has 0 aromatic rings. The molecule has 0 saturated carbocycles. The van der Waals surface area contributed by atoms with Crippen molar-refractivity contribution in [3.05, 3.63) is 0 Å². The predicted octanol–water partition coefficient (Wildman–Crippen LogP) is 1.53. The Morgan fingerprint density at radius 1 is 1.47 bits per heavy atom. The number of piperidine rings is 1. The topological polar surface area (TPSA) is 29.5 Å². The summed E-state index contributed by atoms with van der Waals surface area (Å²) in [5.74, 6) is 1.96. The van der Waals surface area contributed by atoms with Gasteiger partial charge in [-0.25, -0.2) is 0 Å². The van der Waals surface area contributed by atoms with E-state index in [0.717, 1.165) is 19.6 Å². The maximum Gasteiger partial charge on any atom is 0.222 e. The van der Waals surface area contributed by atoms with E-state index in [9.17, 15) is 4.79 Å². The highest BCUT2D eigenvalue weighted by atomic mass is 16.5. The molecule has 0 aliphatic carbocycles. The van der Waals surface area contributed by atoms with Crippen LogP contribution in [0.5, 0.6) is 0 Å². The SMILES string of the molecule is CC(C)C1C2CCOCC2CC(=O)N1C. The van der Waals surface area contributed by atoms with Gasteiger partial charge < -0.3 is 9.64 Å². The van der Waals surface area contributed by atoms with Gasteiger partial charge in [0.25, 0.3) is 0 Å². The second-order valence-electron chi connectivity index (χ2n) is 5.23. The molecule has 0 radical (unpaired) electrons. The predicted molar refractivity (Wildman–Crippen MR) is 58.4 cm³/mol. The molecule has 2 saturated heterocycles. The number of ether oxygens (including phenoxy) is 1. The van der Waals surface area contributed by atoms with Gasteiger partial charge >= 0.3 is 0 Å². The summed E-state index contributed by atoms with van der Waals surface area (Å²) in [4.78, 5) is 13.8. The van der Waals surface area contributed by atoms with Gasteiger partial charge in [-0.3, -0.25) is 4.79 Å². The van der Waals surface area contributed by atoms with Gasteiger partial charge in [0.2, 0.25) is 5.91 Å². The van der Waals surface area contributed by atoms with Crippen molar-refractivity contribution < 1.29 is 9.53 Å². The minimum Gasteiger partial charge on any atom is -0.381 e. The Hall–Kier alpha value is -0.570. The van der Waals surface area contributed by atoms with Crippen molar-refractivity contribution in [3.63, 3.8) is 0 Å². The van der Waals surface area contributed by atoms with Gasteiger partial charge in [0, 0.05) is 26.1 Å². The Balaban J connectivity index is 2.19. The molecule has 0 aromatic carbocycles. The molecule has 0 N–H and O–H groups in total. The van der Waals surface area contributed by atoms with Crippen LogP contribution >= 0.6 is 0 Å². The minimum atomic E-state index is 0.292. The van der Waals surface area contributed by atoms with Gasteiger partial charge in [0.05, 0.1) is 6.61 Å². The van der Waals surface area contributed by atoms with E-state index in [2.05, 4.69) is 13.8 Å². The van der Waals surface area contributed by atoms with E-state index in [1.165, 1.54) is 0 Å². The first-order chi connectivity index (χ1) is 7.11. The lowest BCUT2D eigenvalue weighted by atomic mass is 9.73. The highest BCUT2D eigenvalue weighted by molar-refractivity contribution is 5.77. The Labute approximate surface area is 91.8 Å². The first-order valence-corrected chi connectivity index (χ1v) is 5.94. The van der Waals surface area contributed by atoms with Gasteiger partial charge in [0.15, 0.2) is 0 Å². The van der Waals surface area contributed by atoms with E-state index in [0.29, 0.717) is 36.1 Å². The van der Waals surface area contributed by atoms with Crippen molar-refractivity contribution in [2.75, 3.05) is 20.3 Å². The van der Waals surface area contributed by atoms with Crippen molar-refractivity contribution in [1.29, 1.82) is 0 Å². The summed E-state index contributed by atoms with van der Waals surface area (Å²) < 4.78 is 5.48. The van der Waals surface area contributed by atoms with Gasteiger partial charge in [-0.05, 0) is 24.2 Å². The maximum absolute atomic E-state index is 11.8. The molecule has 2 rings (SSSR count). The third kappa shape index (κ3) is 1.89. The zero-order valence-corrected chi connectivity index (χ0v) is 9.90. The normalized spacial score (nSPS) is 36.9. The van der Waals surface area contributed by atoms with Gasteiger partial charge in [-0.1, -0.05) is 13.8 Å². The average molecular weight is 211 g/mol. The number of nitrogens with zero attached hydrogens (tertiary/aromatic N) is 1. The zero-order chi connectivity index (χ0) is 11.0. The van der Waals surface area contributed by atoms with Crippen LogP contribution in [0.15, 0.2) is 0 Å². The van der Waals surface area contributed by atoms with Crippen LogP contribution in [0, 0.1) is 17.8 Å². The first-order valence-electron chi connectivity index (χ1n) is 5.94. The smallest absolute Gasteiger partial charge is 0.222 e. The van der Waals surface area contributed by atoms with Crippen molar-refractivity contribution in [3.8, 4) is 0 Å². The summed E-state index contributed by atoms with van der Waals surface area (Å²) in [5, 5.41) is 0. The molecule has 15 heavy (non-hydrogen) atoms. The lowest BCUT2D eigenvalue weighted by molar-refractivity contribution is -0.148. The van der Waals surface area contributed by atoms with Crippen LogP contribution in [0.25, 0.3) is 0 Å². The van der Waals surface area contributed by atoms with Crippen molar-refractivity contribution in [2.24, 2.45) is 17.8 Å². The largest absolute Gasteiger partial charge is 0.381 e. The van der Waals surface area contributed by atoms with Crippen molar-refractivity contribution >= 4 is 5.91 Å². The van der Waals surface area contributed by atoms with E-state index in [1.54, 1.807) is 0 Å². The molecule has 2 aliphatic heterocycles. The molecule has 0 aromatic heterocycles. The van der Waals surface area contributed by atoms with E-state index < -0.39 is 0 Å². The fraction of sp³-hybridized carbons (Fsp3) is 0.917. The third-order valence-electron chi connectivity index (χ3n) is 3.93. The molecular formula is C12H21NO2. The van der Waals surface area contributed by atoms with E-state index in [-0.39, 0.29) is 0 Å². The fourth-order valence-electron chi connectivity index (χ4n) is 3.24. The molecule has 86 valence electrons. The molecule has 0 spiro atoms. The van der Waals surface area contributed by atoms with Gasteiger partial charge in [-0.15, -0.1) is 0 Å². The number of fused-ring (bicyclic) bond motifs is 1. The lowest BCUT2D eigenvalue weighted by Crippen LogP contribution is -2.55. The highest BCUT2D eigenvalue weighted by Gasteiger charge is 2.42. The molecule has 3 atom stereocenters. The molecule has 3 nitrogen and oxygen atoms in total. The fourth-order valence-corrected chi connectivity index (χ4v) is 3.24. The molecule has 2 heterocycles. The second-order valence-corrected chi connectivity index (χ2v) is 5.23. The van der Waals surface area contributed by atoms with Crippen LogP contribution in [-0.4, -0.2) is 37.1 Å². The van der Waals surface area contributed by atoms with Crippen LogP contribution in [0.1, 0.15) is 26.7 Å². The summed E-state index contributed by atoms with van der Waals surface area (Å²) >= 11 is 0. The van der Waals surface area contributed by atoms with Crippen LogP contribution in [0.2, 0.25) is 0 Å². The Kier molecular flexibility index (Phi) is 3.01. The van der Waals surface area contributed by atoms with E-state index >= 15 is 0 Å². The summed E-state index contributed by atoms with van der Waals surface area (Å²) in [7, 11) is 1.96. The molecule has 3 unspecified atom stereocenters. The lowest BCUT2D eigenvalue weighted by Gasteiger charge is -2.47. The maximum atomic E-state index is 11.8. The standard InChI is InChI=1S/C12H21NO2/c1-8(2)12-10-4-5-15-7-9(10)6-11(14)13(12)3/h8-10,12H,4-7H2,1-3H3. The van der Waals surface area contributed by atoms with Crippen molar-refractivity contribution in [2.45, 2.75) is 32.7 Å². The Morgan fingerprint density at radius 2 is 2.20 bits per heavy atom. The van der Waals surface area contributed by atoms with Gasteiger partial charge in [-0.2, -0.15) is 0 Å². The molecule has 2 fully saturated rings. The zero-order valence-electron chi connectivity index (χ0n) is 9.90. The molecule has 1 amide bonds. The second kappa shape index (κ2) is 4.12. The monoisotopic (exact) mass is 211 g/mol. The quantitative estimate of drug-likeness (QED) is 0.658. The number of amides is 1. The highest BCUT2D eigenvalue weighted by Crippen LogP contribution is 2.37. The van der Waals surface area contributed by atoms with Crippen LogP contribution < -0.4 is 0 Å². The first kappa shape index (κ1) is 10.9. The molecule has 2 aliphatic rings. The Morgan fingerprint density at radius 3 is 2.87 bits per heavy atom. The van der Waals surface area contributed by atoms with Crippen LogP contribution in [0.4, 0.5) is 0 Å². The summed E-state index contributed by atoms with van der Waals surface area (Å²) in [6, 6.07) is 0.417. The summed E-state index contributed by atoms with van der Waals surface area (Å²) in [6.07, 6.45) is 1.80. The molecular weight excluding hydrogens is 190 g/mol.